The van der Waals surface area contributed by atoms with E-state index in [1.165, 1.54) is 6.20 Å². The number of piperidine rings is 1. The van der Waals surface area contributed by atoms with Crippen molar-refractivity contribution in [1.82, 2.24) is 19.7 Å². The van der Waals surface area contributed by atoms with Crippen molar-refractivity contribution >= 4 is 22.5 Å². The zero-order chi connectivity index (χ0) is 20.2. The van der Waals surface area contributed by atoms with Crippen molar-refractivity contribution in [3.05, 3.63) is 30.5 Å². The minimum absolute atomic E-state index is 0.107. The number of hydrogen-bond acceptors (Lipinski definition) is 6. The van der Waals surface area contributed by atoms with E-state index in [0.717, 1.165) is 17.5 Å². The first-order valence-electron chi connectivity index (χ1n) is 9.42. The first-order valence-corrected chi connectivity index (χ1v) is 9.42. The topological polar surface area (TPSA) is 82.1 Å². The van der Waals surface area contributed by atoms with Crippen LogP contribution in [0.2, 0.25) is 0 Å². The van der Waals surface area contributed by atoms with Crippen molar-refractivity contribution in [2.45, 2.75) is 37.7 Å². The van der Waals surface area contributed by atoms with Crippen LogP contribution in [-0.2, 0) is 11.3 Å². The SMILES string of the molecule is Nc1ccc(-c2nc(N3CC4CCC3CO4)c3cnn(CC(F)(F)F)c3n2)cc1. The smallest absolute Gasteiger partial charge is 0.399 e. The van der Waals surface area contributed by atoms with Gasteiger partial charge < -0.3 is 15.4 Å². The predicted octanol–water partition coefficient (Wildman–Crippen LogP) is 3.01. The molecule has 3 fully saturated rings. The second kappa shape index (κ2) is 6.58. The van der Waals surface area contributed by atoms with Crippen molar-refractivity contribution in [3.63, 3.8) is 0 Å². The number of halogens is 3. The van der Waals surface area contributed by atoms with Crippen LogP contribution in [0.1, 0.15) is 12.8 Å². The molecule has 3 aliphatic rings. The molecule has 3 aromatic rings. The fourth-order valence-electron chi connectivity index (χ4n) is 4.02. The number of rotatable bonds is 3. The van der Waals surface area contributed by atoms with E-state index < -0.39 is 12.7 Å². The van der Waals surface area contributed by atoms with Crippen LogP contribution in [0.25, 0.3) is 22.4 Å². The monoisotopic (exact) mass is 404 g/mol. The summed E-state index contributed by atoms with van der Waals surface area (Å²) in [6, 6.07) is 7.09. The Kier molecular flexibility index (Phi) is 4.12. The third kappa shape index (κ3) is 3.37. The third-order valence-electron chi connectivity index (χ3n) is 5.43. The number of alkyl halides is 3. The molecule has 6 rings (SSSR count). The molecule has 10 heteroatoms. The van der Waals surface area contributed by atoms with E-state index in [4.69, 9.17) is 15.5 Å². The maximum absolute atomic E-state index is 13.0. The van der Waals surface area contributed by atoms with E-state index in [1.807, 2.05) is 0 Å². The molecule has 2 atom stereocenters. The van der Waals surface area contributed by atoms with Gasteiger partial charge in [0.2, 0.25) is 0 Å². The molecule has 7 nitrogen and oxygen atoms in total. The molecule has 1 aromatic carbocycles. The molecule has 0 radical (unpaired) electrons. The lowest BCUT2D eigenvalue weighted by molar-refractivity contribution is -0.141. The van der Waals surface area contributed by atoms with E-state index >= 15 is 0 Å². The summed E-state index contributed by atoms with van der Waals surface area (Å²) in [7, 11) is 0. The van der Waals surface area contributed by atoms with Crippen LogP contribution in [0.4, 0.5) is 24.7 Å². The number of nitrogen functional groups attached to an aromatic ring is 1. The van der Waals surface area contributed by atoms with Gasteiger partial charge in [-0.15, -0.1) is 0 Å². The summed E-state index contributed by atoms with van der Waals surface area (Å²) in [5.74, 6) is 0.951. The Balaban J connectivity index is 1.67. The van der Waals surface area contributed by atoms with Gasteiger partial charge in [0.15, 0.2) is 11.5 Å². The number of anilines is 2. The average molecular weight is 404 g/mol. The highest BCUT2D eigenvalue weighted by Gasteiger charge is 2.37. The molecule has 0 aliphatic carbocycles. The molecule has 2 unspecified atom stereocenters. The number of fused-ring (bicyclic) bond motifs is 4. The molecule has 2 N–H and O–H groups in total. The maximum Gasteiger partial charge on any atom is 0.408 e. The van der Waals surface area contributed by atoms with Crippen LogP contribution in [0.3, 0.4) is 0 Å². The standard InChI is InChI=1S/C19H19F3N6O/c20-19(21,22)10-28-18-15(7-24-28)17(27-8-14-6-5-13(27)9-29-14)25-16(26-18)11-1-3-12(23)4-2-11/h1-4,7,13-14H,5-6,8-10,23H2. The van der Waals surface area contributed by atoms with Gasteiger partial charge in [-0.25, -0.2) is 14.6 Å². The predicted molar refractivity (Wildman–Crippen MR) is 101 cm³/mol. The van der Waals surface area contributed by atoms with E-state index in [9.17, 15) is 13.2 Å². The average Bonchev–Trinajstić information content (AvgIpc) is 3.10. The first kappa shape index (κ1) is 18.2. The van der Waals surface area contributed by atoms with Crippen LogP contribution in [-0.4, -0.2) is 51.2 Å². The van der Waals surface area contributed by atoms with E-state index in [0.29, 0.717) is 41.4 Å². The zero-order valence-electron chi connectivity index (χ0n) is 15.4. The third-order valence-corrected chi connectivity index (χ3v) is 5.43. The summed E-state index contributed by atoms with van der Waals surface area (Å²) in [5.41, 5.74) is 7.19. The molecule has 5 heterocycles. The van der Waals surface area contributed by atoms with Crippen LogP contribution in [0.5, 0.6) is 0 Å². The molecule has 29 heavy (non-hydrogen) atoms. The Morgan fingerprint density at radius 2 is 1.93 bits per heavy atom. The van der Waals surface area contributed by atoms with Gasteiger partial charge in [-0.2, -0.15) is 18.3 Å². The summed E-state index contributed by atoms with van der Waals surface area (Å²) in [6.45, 7) is 0.0375. The number of hydrogen-bond donors (Lipinski definition) is 1. The highest BCUT2D eigenvalue weighted by molar-refractivity contribution is 5.89. The first-order chi connectivity index (χ1) is 13.9. The lowest BCUT2D eigenvalue weighted by atomic mass is 9.97. The highest BCUT2D eigenvalue weighted by Crippen LogP contribution is 2.35. The Morgan fingerprint density at radius 3 is 2.55 bits per heavy atom. The molecule has 2 aromatic heterocycles. The van der Waals surface area contributed by atoms with Crippen molar-refractivity contribution in [2.24, 2.45) is 0 Å². The van der Waals surface area contributed by atoms with E-state index in [-0.39, 0.29) is 17.8 Å². The lowest BCUT2D eigenvalue weighted by Gasteiger charge is -2.45. The fourth-order valence-corrected chi connectivity index (χ4v) is 4.02. The highest BCUT2D eigenvalue weighted by atomic mass is 19.4. The molecule has 3 aliphatic heterocycles. The zero-order valence-corrected chi connectivity index (χ0v) is 15.4. The molecule has 3 saturated heterocycles. The quantitative estimate of drug-likeness (QED) is 0.676. The van der Waals surface area contributed by atoms with Gasteiger partial charge in [0.25, 0.3) is 0 Å². The van der Waals surface area contributed by atoms with Gasteiger partial charge in [-0.05, 0) is 37.1 Å². The minimum atomic E-state index is -4.40. The summed E-state index contributed by atoms with van der Waals surface area (Å²) in [5, 5.41) is 4.48. The number of aromatic nitrogens is 4. The van der Waals surface area contributed by atoms with Crippen LogP contribution in [0, 0.1) is 0 Å². The molecule has 0 amide bonds. The van der Waals surface area contributed by atoms with Gasteiger partial charge in [-0.3, -0.25) is 0 Å². The van der Waals surface area contributed by atoms with E-state index in [1.54, 1.807) is 24.3 Å². The van der Waals surface area contributed by atoms with Crippen LogP contribution in [0.15, 0.2) is 30.5 Å². The van der Waals surface area contributed by atoms with Gasteiger partial charge in [-0.1, -0.05) is 0 Å². The second-order valence-corrected chi connectivity index (χ2v) is 7.49. The van der Waals surface area contributed by atoms with Crippen LogP contribution >= 0.6 is 0 Å². The van der Waals surface area contributed by atoms with Gasteiger partial charge in [0.1, 0.15) is 12.4 Å². The number of morpholine rings is 1. The van der Waals surface area contributed by atoms with Crippen LogP contribution < -0.4 is 10.6 Å². The molecular formula is C19H19F3N6O. The maximum atomic E-state index is 13.0. The number of ether oxygens (including phenoxy) is 1. The summed E-state index contributed by atoms with van der Waals surface area (Å²) in [4.78, 5) is 11.3. The number of nitrogens with two attached hydrogens (primary N) is 1. The van der Waals surface area contributed by atoms with Gasteiger partial charge >= 0.3 is 6.18 Å². The number of nitrogens with zero attached hydrogens (tertiary/aromatic N) is 5. The largest absolute Gasteiger partial charge is 0.408 e. The van der Waals surface area contributed by atoms with E-state index in [2.05, 4.69) is 15.0 Å². The van der Waals surface area contributed by atoms with Gasteiger partial charge in [0, 0.05) is 17.8 Å². The fraction of sp³-hybridized carbons (Fsp3) is 0.421. The molecular weight excluding hydrogens is 385 g/mol. The molecule has 2 bridgehead atoms. The summed E-state index contributed by atoms with van der Waals surface area (Å²) in [6.07, 6.45) is -0.928. The Bertz CT molecular complexity index is 1040. The molecule has 152 valence electrons. The Hall–Kier alpha value is -2.88. The Morgan fingerprint density at radius 1 is 1.14 bits per heavy atom. The van der Waals surface area contributed by atoms with Crippen molar-refractivity contribution in [3.8, 4) is 11.4 Å². The Labute approximate surface area is 164 Å². The van der Waals surface area contributed by atoms with Crippen molar-refractivity contribution in [2.75, 3.05) is 23.8 Å². The molecule has 0 saturated carbocycles. The van der Waals surface area contributed by atoms with Crippen molar-refractivity contribution < 1.29 is 17.9 Å². The second-order valence-electron chi connectivity index (χ2n) is 7.49. The minimum Gasteiger partial charge on any atom is -0.399 e. The molecule has 0 spiro atoms. The summed E-state index contributed by atoms with van der Waals surface area (Å²) >= 11 is 0. The van der Waals surface area contributed by atoms with Gasteiger partial charge in [0.05, 0.1) is 30.3 Å². The lowest BCUT2D eigenvalue weighted by Crippen LogP contribution is -2.55. The number of benzene rings is 1. The normalized spacial score (nSPS) is 21.8. The summed E-state index contributed by atoms with van der Waals surface area (Å²) < 4.78 is 45.8. The van der Waals surface area contributed by atoms with Crippen molar-refractivity contribution in [1.29, 1.82) is 0 Å².